The molecule has 2 aliphatic rings. The van der Waals surface area contributed by atoms with E-state index < -0.39 is 18.3 Å². The van der Waals surface area contributed by atoms with Gasteiger partial charge in [0.1, 0.15) is 18.3 Å². The molecule has 2 amide bonds. The highest BCUT2D eigenvalue weighted by Crippen LogP contribution is 2.30. The summed E-state index contributed by atoms with van der Waals surface area (Å²) in [4.78, 5) is 31.5. The van der Waals surface area contributed by atoms with Crippen molar-refractivity contribution in [2.24, 2.45) is 0 Å². The predicted molar refractivity (Wildman–Crippen MR) is 140 cm³/mol. The Morgan fingerprint density at radius 3 is 2.19 bits per heavy atom. The molecular weight excluding hydrogens is 454 g/mol. The fourth-order valence-electron chi connectivity index (χ4n) is 5.31. The zero-order valence-corrected chi connectivity index (χ0v) is 21.4. The Hall–Kier alpha value is -2.78. The number of carbonyl (C=O) groups is 2. The highest BCUT2D eigenvalue weighted by molar-refractivity contribution is 5.91. The van der Waals surface area contributed by atoms with Crippen LogP contribution in [0.1, 0.15) is 43.4 Å². The summed E-state index contributed by atoms with van der Waals surface area (Å²) in [6, 6.07) is 18.2. The Labute approximate surface area is 214 Å². The number of benzene rings is 2. The van der Waals surface area contributed by atoms with Crippen molar-refractivity contribution in [1.29, 1.82) is 0 Å². The predicted octanol–water partition coefficient (Wildman–Crippen LogP) is 1.47. The van der Waals surface area contributed by atoms with Crippen LogP contribution in [0.5, 0.6) is 0 Å². The number of rotatable bonds is 8. The van der Waals surface area contributed by atoms with Gasteiger partial charge in [0.15, 0.2) is 0 Å². The zero-order chi connectivity index (χ0) is 25.7. The quantitative estimate of drug-likeness (QED) is 0.416. The van der Waals surface area contributed by atoms with Crippen LogP contribution in [0.4, 0.5) is 0 Å². The van der Waals surface area contributed by atoms with Gasteiger partial charge in [-0.3, -0.25) is 14.9 Å². The molecule has 0 saturated carbocycles. The van der Waals surface area contributed by atoms with Crippen LogP contribution in [0.15, 0.2) is 60.7 Å². The molecule has 4 N–H and O–H groups in total. The first-order valence-electron chi connectivity index (χ1n) is 12.9. The lowest BCUT2D eigenvalue weighted by Crippen LogP contribution is -2.62. The number of fused-ring (bicyclic) bond motifs is 1. The lowest BCUT2D eigenvalue weighted by molar-refractivity contribution is -0.144. The van der Waals surface area contributed by atoms with Gasteiger partial charge in [-0.25, -0.2) is 0 Å². The molecule has 2 heterocycles. The number of aliphatic hydroxyl groups excluding tert-OH is 1. The number of hydrogen-bond donors (Lipinski definition) is 4. The second kappa shape index (κ2) is 12.0. The van der Waals surface area contributed by atoms with E-state index in [1.54, 1.807) is 11.9 Å². The minimum absolute atomic E-state index is 0.00562. The lowest BCUT2D eigenvalue weighted by Gasteiger charge is -2.39. The summed E-state index contributed by atoms with van der Waals surface area (Å²) in [6.45, 7) is 3.16. The van der Waals surface area contributed by atoms with E-state index in [-0.39, 0.29) is 29.9 Å². The summed E-state index contributed by atoms with van der Waals surface area (Å²) in [5, 5.41) is 20.0. The fourth-order valence-corrected chi connectivity index (χ4v) is 5.31. The van der Waals surface area contributed by atoms with E-state index >= 15 is 0 Å². The molecule has 5 atom stereocenters. The molecule has 2 aromatic rings. The fraction of sp³-hybridized carbons (Fsp3) is 0.500. The maximum atomic E-state index is 13.8. The van der Waals surface area contributed by atoms with Crippen molar-refractivity contribution in [2.45, 2.75) is 62.6 Å². The maximum absolute atomic E-state index is 13.8. The Kier molecular flexibility index (Phi) is 8.74. The molecule has 4 rings (SSSR count). The number of hydrogen-bond acceptors (Lipinski definition) is 6. The smallest absolute Gasteiger partial charge is 0.243 e. The van der Waals surface area contributed by atoms with Gasteiger partial charge in [0.2, 0.25) is 11.8 Å². The Bertz CT molecular complexity index is 965. The average molecular weight is 494 g/mol. The van der Waals surface area contributed by atoms with Crippen molar-refractivity contribution in [2.75, 3.05) is 27.2 Å². The highest BCUT2D eigenvalue weighted by atomic mass is 16.3. The first-order chi connectivity index (χ1) is 17.4. The van der Waals surface area contributed by atoms with E-state index in [4.69, 9.17) is 0 Å². The van der Waals surface area contributed by atoms with Crippen LogP contribution in [-0.2, 0) is 9.59 Å². The molecule has 2 aliphatic heterocycles. The van der Waals surface area contributed by atoms with Gasteiger partial charge in [0.25, 0.3) is 0 Å². The van der Waals surface area contributed by atoms with Crippen LogP contribution in [0.25, 0.3) is 0 Å². The summed E-state index contributed by atoms with van der Waals surface area (Å²) >= 11 is 0. The van der Waals surface area contributed by atoms with Gasteiger partial charge in [-0.05, 0) is 58.0 Å². The van der Waals surface area contributed by atoms with E-state index in [9.17, 15) is 14.7 Å². The SMILES string of the molecule is CN[C@@H](C)C(O)N[C@H]1CN(C)CC[C@H]2CC[C@@H](C(=O)NC(c3ccccc3)c3ccccc3)N2C1=O. The van der Waals surface area contributed by atoms with Gasteiger partial charge >= 0.3 is 0 Å². The highest BCUT2D eigenvalue weighted by Gasteiger charge is 2.45. The number of aliphatic hydroxyl groups is 1. The van der Waals surface area contributed by atoms with E-state index in [0.29, 0.717) is 13.0 Å². The molecule has 2 aromatic carbocycles. The third-order valence-corrected chi connectivity index (χ3v) is 7.55. The molecule has 0 radical (unpaired) electrons. The summed E-state index contributed by atoms with van der Waals surface area (Å²) in [6.07, 6.45) is 1.37. The number of likely N-dealkylation sites (N-methyl/N-ethyl adjacent to an activating group) is 2. The van der Waals surface area contributed by atoms with Crippen molar-refractivity contribution < 1.29 is 14.7 Å². The van der Waals surface area contributed by atoms with E-state index in [2.05, 4.69) is 20.9 Å². The van der Waals surface area contributed by atoms with E-state index in [1.165, 1.54) is 0 Å². The lowest BCUT2D eigenvalue weighted by atomic mass is 9.98. The van der Waals surface area contributed by atoms with Crippen LogP contribution < -0.4 is 16.0 Å². The topological polar surface area (TPSA) is 96.9 Å². The molecule has 1 unspecified atom stereocenters. The average Bonchev–Trinajstić information content (AvgIpc) is 3.33. The van der Waals surface area contributed by atoms with Crippen molar-refractivity contribution >= 4 is 11.8 Å². The van der Waals surface area contributed by atoms with Crippen molar-refractivity contribution in [3.8, 4) is 0 Å². The van der Waals surface area contributed by atoms with Gasteiger partial charge in [0.05, 0.1) is 6.04 Å². The second-order valence-electron chi connectivity index (χ2n) is 10.0. The minimum atomic E-state index is -0.884. The standard InChI is InChI=1S/C28H39N5O3/c1-19(29-2)26(34)30-23-18-32(3)17-16-22-14-15-24(33(22)28(23)36)27(35)31-25(20-10-6-4-7-11-20)21-12-8-5-9-13-21/h4-13,19,22-26,29-30,34H,14-18H2,1-3H3,(H,31,35)/t19-,22+,23-,24-,26?/m0/s1. The van der Waals surface area contributed by atoms with E-state index in [0.717, 1.165) is 30.5 Å². The first-order valence-corrected chi connectivity index (χ1v) is 12.9. The molecule has 0 spiro atoms. The molecule has 8 heteroatoms. The first kappa shape index (κ1) is 26.3. The van der Waals surface area contributed by atoms with Crippen LogP contribution >= 0.6 is 0 Å². The summed E-state index contributed by atoms with van der Waals surface area (Å²) in [7, 11) is 3.77. The third kappa shape index (κ3) is 5.95. The summed E-state index contributed by atoms with van der Waals surface area (Å²) < 4.78 is 0. The Morgan fingerprint density at radius 2 is 1.61 bits per heavy atom. The van der Waals surface area contributed by atoms with Crippen LogP contribution in [0, 0.1) is 0 Å². The Morgan fingerprint density at radius 1 is 1.00 bits per heavy atom. The van der Waals surface area contributed by atoms with Gasteiger partial charge in [-0.15, -0.1) is 0 Å². The van der Waals surface area contributed by atoms with Gasteiger partial charge in [-0.1, -0.05) is 60.7 Å². The van der Waals surface area contributed by atoms with Gasteiger partial charge in [-0.2, -0.15) is 0 Å². The van der Waals surface area contributed by atoms with Crippen molar-refractivity contribution in [3.05, 3.63) is 71.8 Å². The molecule has 2 fully saturated rings. The number of nitrogens with zero attached hydrogens (tertiary/aromatic N) is 2. The van der Waals surface area contributed by atoms with Crippen LogP contribution in [-0.4, -0.2) is 84.3 Å². The molecule has 8 nitrogen and oxygen atoms in total. The Balaban J connectivity index is 1.57. The largest absolute Gasteiger partial charge is 0.377 e. The van der Waals surface area contributed by atoms with Crippen LogP contribution in [0.3, 0.4) is 0 Å². The number of amides is 2. The monoisotopic (exact) mass is 493 g/mol. The molecule has 36 heavy (non-hydrogen) atoms. The van der Waals surface area contributed by atoms with E-state index in [1.807, 2.05) is 74.6 Å². The molecule has 0 aliphatic carbocycles. The molecule has 0 aromatic heterocycles. The number of carbonyl (C=O) groups excluding carboxylic acids is 2. The molecule has 194 valence electrons. The van der Waals surface area contributed by atoms with Crippen molar-refractivity contribution in [1.82, 2.24) is 25.8 Å². The maximum Gasteiger partial charge on any atom is 0.243 e. The van der Waals surface area contributed by atoms with Gasteiger partial charge in [0, 0.05) is 18.6 Å². The number of nitrogens with one attached hydrogen (secondary N) is 3. The summed E-state index contributed by atoms with van der Waals surface area (Å²) in [5.74, 6) is -0.261. The van der Waals surface area contributed by atoms with Crippen LogP contribution in [0.2, 0.25) is 0 Å². The molecule has 0 bridgehead atoms. The second-order valence-corrected chi connectivity index (χ2v) is 10.0. The normalized spacial score (nSPS) is 24.6. The van der Waals surface area contributed by atoms with Gasteiger partial charge < -0.3 is 25.5 Å². The molecular formula is C28H39N5O3. The summed E-state index contributed by atoms with van der Waals surface area (Å²) in [5.41, 5.74) is 1.99. The van der Waals surface area contributed by atoms with Crippen molar-refractivity contribution in [3.63, 3.8) is 0 Å². The molecule has 2 saturated heterocycles. The minimum Gasteiger partial charge on any atom is -0.377 e. The third-order valence-electron chi connectivity index (χ3n) is 7.55. The zero-order valence-electron chi connectivity index (χ0n) is 21.4.